The van der Waals surface area contributed by atoms with Crippen LogP contribution in [0.4, 0.5) is 0 Å². The fourth-order valence-corrected chi connectivity index (χ4v) is 6.01. The third-order valence-electron chi connectivity index (χ3n) is 8.51. The largest absolute Gasteiger partial charge is 0.248 e. The second-order valence-corrected chi connectivity index (χ2v) is 11.6. The van der Waals surface area contributed by atoms with Crippen molar-refractivity contribution < 1.29 is 0 Å². The van der Waals surface area contributed by atoms with E-state index in [1.807, 2.05) is 84.9 Å². The van der Waals surface area contributed by atoms with E-state index >= 15 is 0 Å². The molecule has 0 bridgehead atoms. The Bertz CT molecular complexity index is 2370. The number of hydrogen-bond donors (Lipinski definition) is 0. The van der Waals surface area contributed by atoms with Crippen molar-refractivity contribution in [2.24, 2.45) is 0 Å². The first-order chi connectivity index (χ1) is 23.7. The highest BCUT2D eigenvalue weighted by Crippen LogP contribution is 2.35. The van der Waals surface area contributed by atoms with E-state index in [1.54, 1.807) is 0 Å². The van der Waals surface area contributed by atoms with Gasteiger partial charge in [0.15, 0.2) is 0 Å². The molecule has 0 saturated carbocycles. The van der Waals surface area contributed by atoms with Gasteiger partial charge in [-0.1, -0.05) is 127 Å². The molecule has 0 N–H and O–H groups in total. The second kappa shape index (κ2) is 12.6. The standard InChI is InChI=1S/C44H28N4/c45-29-30-18-20-34(21-19-30)43-44(48-40-17-8-7-16-39(40)47-43)35-24-22-31(23-25-35)36-14-9-15-37(26-36)38-27-41(32-10-3-1-4-11-32)46-42(28-38)33-12-5-2-6-13-33/h1-28H. The molecule has 0 amide bonds. The molecule has 0 aliphatic heterocycles. The van der Waals surface area contributed by atoms with Gasteiger partial charge in [0.1, 0.15) is 0 Å². The Kier molecular flexibility index (Phi) is 7.54. The van der Waals surface area contributed by atoms with E-state index in [9.17, 15) is 5.26 Å². The Labute approximate surface area is 279 Å². The lowest BCUT2D eigenvalue weighted by atomic mass is 9.95. The number of pyridine rings is 1. The second-order valence-electron chi connectivity index (χ2n) is 11.6. The summed E-state index contributed by atoms with van der Waals surface area (Å²) in [6.07, 6.45) is 0. The monoisotopic (exact) mass is 612 g/mol. The molecule has 0 radical (unpaired) electrons. The van der Waals surface area contributed by atoms with Gasteiger partial charge in [-0.25, -0.2) is 15.0 Å². The molecule has 8 aromatic rings. The predicted molar refractivity (Wildman–Crippen MR) is 195 cm³/mol. The minimum atomic E-state index is 0.611. The summed E-state index contributed by atoms with van der Waals surface area (Å²) in [4.78, 5) is 15.1. The highest BCUT2D eigenvalue weighted by Gasteiger charge is 2.15. The van der Waals surface area contributed by atoms with Crippen molar-refractivity contribution in [2.45, 2.75) is 0 Å². The normalized spacial score (nSPS) is 10.9. The van der Waals surface area contributed by atoms with Crippen molar-refractivity contribution >= 4 is 11.0 Å². The maximum Gasteiger partial charge on any atom is 0.0991 e. The van der Waals surface area contributed by atoms with Crippen LogP contribution in [-0.2, 0) is 0 Å². The van der Waals surface area contributed by atoms with Gasteiger partial charge in [-0.3, -0.25) is 0 Å². The van der Waals surface area contributed by atoms with Crippen LogP contribution >= 0.6 is 0 Å². The number of nitriles is 1. The molecule has 6 aromatic carbocycles. The maximum absolute atomic E-state index is 9.31. The van der Waals surface area contributed by atoms with E-state index in [1.165, 1.54) is 0 Å². The van der Waals surface area contributed by atoms with Crippen LogP contribution in [0.15, 0.2) is 170 Å². The maximum atomic E-state index is 9.31. The van der Waals surface area contributed by atoms with E-state index in [-0.39, 0.29) is 0 Å². The minimum absolute atomic E-state index is 0.611. The summed E-state index contributed by atoms with van der Waals surface area (Å²) in [5.74, 6) is 0. The first-order valence-corrected chi connectivity index (χ1v) is 15.8. The van der Waals surface area contributed by atoms with Crippen molar-refractivity contribution in [1.29, 1.82) is 5.26 Å². The average Bonchev–Trinajstić information content (AvgIpc) is 3.18. The zero-order chi connectivity index (χ0) is 32.3. The smallest absolute Gasteiger partial charge is 0.0991 e. The zero-order valence-electron chi connectivity index (χ0n) is 26.0. The van der Waals surface area contributed by atoms with Gasteiger partial charge in [0.05, 0.1) is 45.4 Å². The number of benzene rings is 6. The molecule has 0 atom stereocenters. The lowest BCUT2D eigenvalue weighted by Gasteiger charge is -2.13. The quantitative estimate of drug-likeness (QED) is 0.187. The molecule has 4 nitrogen and oxygen atoms in total. The van der Waals surface area contributed by atoms with Gasteiger partial charge in [-0.15, -0.1) is 0 Å². The highest BCUT2D eigenvalue weighted by molar-refractivity contribution is 5.87. The van der Waals surface area contributed by atoms with Gasteiger partial charge in [-0.2, -0.15) is 5.26 Å². The SMILES string of the molecule is N#Cc1ccc(-c2nc3ccccc3nc2-c2ccc(-c3cccc(-c4cc(-c5ccccc5)nc(-c5ccccc5)c4)c3)cc2)cc1. The summed E-state index contributed by atoms with van der Waals surface area (Å²) < 4.78 is 0. The van der Waals surface area contributed by atoms with E-state index in [4.69, 9.17) is 15.0 Å². The molecule has 4 heteroatoms. The molecule has 48 heavy (non-hydrogen) atoms. The summed E-state index contributed by atoms with van der Waals surface area (Å²) in [5.41, 5.74) is 14.3. The van der Waals surface area contributed by atoms with Crippen LogP contribution in [0.5, 0.6) is 0 Å². The lowest BCUT2D eigenvalue weighted by molar-refractivity contribution is 1.29. The van der Waals surface area contributed by atoms with Crippen LogP contribution in [0, 0.1) is 11.3 Å². The molecular formula is C44H28N4. The van der Waals surface area contributed by atoms with Crippen LogP contribution in [0.25, 0.3) is 78.3 Å². The van der Waals surface area contributed by atoms with Gasteiger partial charge >= 0.3 is 0 Å². The van der Waals surface area contributed by atoms with E-state index < -0.39 is 0 Å². The van der Waals surface area contributed by atoms with Crippen molar-refractivity contribution in [2.75, 3.05) is 0 Å². The van der Waals surface area contributed by atoms with Crippen molar-refractivity contribution in [3.8, 4) is 73.4 Å². The summed E-state index contributed by atoms with van der Waals surface area (Å²) >= 11 is 0. The van der Waals surface area contributed by atoms with Gasteiger partial charge in [0.25, 0.3) is 0 Å². The summed E-state index contributed by atoms with van der Waals surface area (Å²) in [7, 11) is 0. The third kappa shape index (κ3) is 5.73. The number of fused-ring (bicyclic) bond motifs is 1. The fraction of sp³-hybridized carbons (Fsp3) is 0. The molecule has 0 saturated heterocycles. The van der Waals surface area contributed by atoms with Crippen LogP contribution in [-0.4, -0.2) is 15.0 Å². The molecule has 224 valence electrons. The van der Waals surface area contributed by atoms with Gasteiger partial charge in [-0.05, 0) is 64.7 Å². The summed E-state index contributed by atoms with van der Waals surface area (Å²) in [6, 6.07) is 59.8. The van der Waals surface area contributed by atoms with Gasteiger partial charge in [0, 0.05) is 22.3 Å². The lowest BCUT2D eigenvalue weighted by Crippen LogP contribution is -1.95. The first kappa shape index (κ1) is 28.8. The molecule has 0 spiro atoms. The van der Waals surface area contributed by atoms with Crippen molar-refractivity contribution in [3.63, 3.8) is 0 Å². The van der Waals surface area contributed by atoms with Crippen LogP contribution in [0.1, 0.15) is 5.56 Å². The Hall–Kier alpha value is -6.70. The zero-order valence-corrected chi connectivity index (χ0v) is 26.0. The molecule has 2 aromatic heterocycles. The number of rotatable bonds is 6. The average molecular weight is 613 g/mol. The van der Waals surface area contributed by atoms with Crippen molar-refractivity contribution in [1.82, 2.24) is 15.0 Å². The van der Waals surface area contributed by atoms with Crippen LogP contribution in [0.3, 0.4) is 0 Å². The number of para-hydroxylation sites is 2. The number of aromatic nitrogens is 3. The molecule has 0 aliphatic rings. The Morgan fingerprint density at radius 2 is 0.771 bits per heavy atom. The molecule has 0 aliphatic carbocycles. The van der Waals surface area contributed by atoms with E-state index in [2.05, 4.69) is 91.0 Å². The minimum Gasteiger partial charge on any atom is -0.248 e. The fourth-order valence-electron chi connectivity index (χ4n) is 6.01. The number of hydrogen-bond acceptors (Lipinski definition) is 4. The summed E-state index contributed by atoms with van der Waals surface area (Å²) in [6.45, 7) is 0. The van der Waals surface area contributed by atoms with Crippen LogP contribution in [0.2, 0.25) is 0 Å². The number of nitrogens with zero attached hydrogens (tertiary/aromatic N) is 4. The van der Waals surface area contributed by atoms with Crippen LogP contribution < -0.4 is 0 Å². The summed E-state index contributed by atoms with van der Waals surface area (Å²) in [5, 5.41) is 9.31. The highest BCUT2D eigenvalue weighted by atomic mass is 14.8. The Balaban J connectivity index is 1.18. The first-order valence-electron chi connectivity index (χ1n) is 15.8. The Morgan fingerprint density at radius 3 is 1.29 bits per heavy atom. The van der Waals surface area contributed by atoms with E-state index in [0.29, 0.717) is 5.56 Å². The van der Waals surface area contributed by atoms with Gasteiger partial charge < -0.3 is 0 Å². The van der Waals surface area contributed by atoms with Gasteiger partial charge in [0.2, 0.25) is 0 Å². The molecular weight excluding hydrogens is 585 g/mol. The molecule has 8 rings (SSSR count). The molecule has 0 fully saturated rings. The molecule has 0 unspecified atom stereocenters. The third-order valence-corrected chi connectivity index (χ3v) is 8.51. The topological polar surface area (TPSA) is 62.5 Å². The molecule has 2 heterocycles. The van der Waals surface area contributed by atoms with Crippen molar-refractivity contribution in [3.05, 3.63) is 175 Å². The Morgan fingerprint density at radius 1 is 0.333 bits per heavy atom. The van der Waals surface area contributed by atoms with E-state index in [0.717, 1.165) is 78.3 Å². The predicted octanol–water partition coefficient (Wildman–Crippen LogP) is 10.9.